The monoisotopic (exact) mass is 2000 g/mol. The summed E-state index contributed by atoms with van der Waals surface area (Å²) in [5.41, 5.74) is 8.83. The van der Waals surface area contributed by atoms with Crippen LogP contribution in [0.5, 0.6) is 51.7 Å². The van der Waals surface area contributed by atoms with E-state index in [4.69, 9.17) is 71.1 Å². The third-order valence-corrected chi connectivity index (χ3v) is 26.6. The van der Waals surface area contributed by atoms with Crippen LogP contribution >= 0.6 is 0 Å². The molecule has 3 amide bonds. The largest absolute Gasteiger partial charge is 0.494 e. The lowest BCUT2D eigenvalue weighted by Gasteiger charge is -2.19. The normalized spacial score (nSPS) is 11.5. The third-order valence-electron chi connectivity index (χ3n) is 26.6. The Hall–Kier alpha value is -14.0. The predicted octanol–water partition coefficient (Wildman–Crippen LogP) is 28.3. The van der Waals surface area contributed by atoms with E-state index in [0.29, 0.717) is 39.6 Å². The molecule has 21 heteroatoms. The SMILES string of the molecule is CCCCCCCCOc1ccc(-c2ccc(OCCOCCOCCOc3cc(C(=O)Nc4cc(C(=O)NCc5ccc6ccc7cccc8ccc5c6c78)cc(C(=O)NCc5ccc6ccc7cccc8ccc5c6c78)c4)cc(OCCOCCOCCOc4ccc(-c5ccc(OCCCCCCCC)cc5)cc4)c3OCCOCCOCCOc3ccc(-c4ccc(OCCCCCCCC)cc4)cc3)cc2)cc1. The van der Waals surface area contributed by atoms with Gasteiger partial charge < -0.3 is 87.0 Å². The Morgan fingerprint density at radius 2 is 0.466 bits per heavy atom. The summed E-state index contributed by atoms with van der Waals surface area (Å²) in [6.45, 7) is 13.2. The Balaban J connectivity index is 0.583. The first-order chi connectivity index (χ1) is 73.1. The van der Waals surface area contributed by atoms with Crippen molar-refractivity contribution in [3.8, 4) is 85.1 Å². The van der Waals surface area contributed by atoms with Gasteiger partial charge in [-0.15, -0.1) is 0 Å². The highest BCUT2D eigenvalue weighted by atomic mass is 16.6. The third kappa shape index (κ3) is 31.5. The van der Waals surface area contributed by atoms with Gasteiger partial charge in [-0.2, -0.15) is 0 Å². The predicted molar refractivity (Wildman–Crippen MR) is 594 cm³/mol. The van der Waals surface area contributed by atoms with Crippen molar-refractivity contribution in [1.82, 2.24) is 10.6 Å². The van der Waals surface area contributed by atoms with E-state index in [1.165, 1.54) is 96.3 Å². The summed E-state index contributed by atoms with van der Waals surface area (Å²) in [5.74, 6) is 3.74. The van der Waals surface area contributed by atoms with E-state index in [0.717, 1.165) is 183 Å². The van der Waals surface area contributed by atoms with Gasteiger partial charge in [0.25, 0.3) is 17.7 Å². The van der Waals surface area contributed by atoms with Crippen molar-refractivity contribution in [3.63, 3.8) is 0 Å². The second-order valence-electron chi connectivity index (χ2n) is 37.3. The molecule has 0 radical (unpaired) electrons. The average Bonchev–Trinajstić information content (AvgIpc) is 0.742. The molecule has 0 bridgehead atoms. The maximum atomic E-state index is 15.4. The van der Waals surface area contributed by atoms with Gasteiger partial charge in [-0.25, -0.2) is 0 Å². The van der Waals surface area contributed by atoms with E-state index in [1.54, 1.807) is 30.3 Å². The first kappa shape index (κ1) is 107. The van der Waals surface area contributed by atoms with E-state index in [9.17, 15) is 9.59 Å². The fourth-order valence-electron chi connectivity index (χ4n) is 18.6. The molecule has 16 aromatic rings. The summed E-state index contributed by atoms with van der Waals surface area (Å²) < 4.78 is 92.4. The molecule has 0 saturated carbocycles. The second-order valence-corrected chi connectivity index (χ2v) is 37.3. The maximum Gasteiger partial charge on any atom is 0.255 e. The summed E-state index contributed by atoms with van der Waals surface area (Å²) in [4.78, 5) is 45.4. The Morgan fingerprint density at radius 1 is 0.216 bits per heavy atom. The lowest BCUT2D eigenvalue weighted by Crippen LogP contribution is -2.26. The van der Waals surface area contributed by atoms with Gasteiger partial charge in [0.15, 0.2) is 11.5 Å². The molecule has 0 fully saturated rings. The standard InChI is InChI=1S/C127H141N3O18/c1-4-7-10-13-16-19-64-140-110-50-36-92(37-51-110)95-42-56-113(57-43-95)143-79-73-134-67-70-137-76-82-146-118-88-108(127(133)130-109-86-106(125(131)128-90-104-34-32-102-30-28-98-24-22-26-100-48-62-116(104)122(102)120(98)100)85-107(87-109)126(132)129-91-105-35-33-103-31-29-99-25-23-27-101-49-63-117(105)123(103)121(99)101)89-119(147-83-77-138-71-68-135-74-80-144-114-58-44-96(45-59-114)93-38-52-111(53-39-93)141-65-20-17-14-11-8-5-2)124(118)148-84-78-139-72-69-136-75-81-145-115-60-46-97(47-61-115)94-40-54-112(55-41-94)142-66-21-18-15-12-9-6-3/h22-63,85-89H,4-21,64-84,90-91H2,1-3H3,(H,128,131)(H,129,132)(H,130,133). The van der Waals surface area contributed by atoms with Gasteiger partial charge >= 0.3 is 0 Å². The Kier molecular flexibility index (Phi) is 41.8. The fraction of sp³-hybridized carbons (Fsp3) is 0.346. The minimum atomic E-state index is -0.624. The van der Waals surface area contributed by atoms with Crippen molar-refractivity contribution in [2.24, 2.45) is 0 Å². The number of anilines is 1. The first-order valence-corrected chi connectivity index (χ1v) is 53.3. The Labute approximate surface area is 870 Å². The summed E-state index contributed by atoms with van der Waals surface area (Å²) in [5, 5.41) is 22.7. The smallest absolute Gasteiger partial charge is 0.255 e. The number of nitrogens with one attached hydrogen (secondary N) is 3. The highest BCUT2D eigenvalue weighted by Crippen LogP contribution is 2.42. The van der Waals surface area contributed by atoms with Gasteiger partial charge in [0.05, 0.1) is 99.1 Å². The van der Waals surface area contributed by atoms with Crippen LogP contribution in [0.2, 0.25) is 0 Å². The van der Waals surface area contributed by atoms with Crippen LogP contribution in [-0.2, 0) is 41.5 Å². The van der Waals surface area contributed by atoms with Crippen molar-refractivity contribution in [2.45, 2.75) is 149 Å². The molecule has 148 heavy (non-hydrogen) atoms. The van der Waals surface area contributed by atoms with Crippen molar-refractivity contribution in [1.29, 1.82) is 0 Å². The molecular formula is C127H141N3O18. The Morgan fingerprint density at radius 3 is 0.777 bits per heavy atom. The molecule has 772 valence electrons. The molecule has 0 atom stereocenters. The molecule has 0 heterocycles. The lowest BCUT2D eigenvalue weighted by molar-refractivity contribution is 0.0230. The van der Waals surface area contributed by atoms with Crippen molar-refractivity contribution in [3.05, 3.63) is 313 Å². The molecule has 0 saturated heterocycles. The number of ether oxygens (including phenoxy) is 15. The second kappa shape index (κ2) is 57.9. The topological polar surface area (TPSA) is 226 Å². The number of amides is 3. The zero-order valence-corrected chi connectivity index (χ0v) is 86.0. The average molecular weight is 2000 g/mol. The minimum absolute atomic E-state index is 0.00819. The number of benzene rings is 16. The molecule has 0 aliphatic rings. The zero-order valence-electron chi connectivity index (χ0n) is 86.0. The van der Waals surface area contributed by atoms with E-state index < -0.39 is 17.7 Å². The molecule has 21 nitrogen and oxygen atoms in total. The van der Waals surface area contributed by atoms with Crippen LogP contribution in [0.4, 0.5) is 5.69 Å². The lowest BCUT2D eigenvalue weighted by atomic mass is 9.92. The number of carbonyl (C=O) groups is 3. The molecule has 16 rings (SSSR count). The molecule has 0 unspecified atom stereocenters. The van der Waals surface area contributed by atoms with Crippen LogP contribution in [0.1, 0.15) is 179 Å². The van der Waals surface area contributed by atoms with Crippen LogP contribution in [-0.4, -0.2) is 156 Å². The van der Waals surface area contributed by atoms with Crippen LogP contribution in [0.25, 0.3) is 98.0 Å². The van der Waals surface area contributed by atoms with Gasteiger partial charge in [0, 0.05) is 35.5 Å². The van der Waals surface area contributed by atoms with Crippen LogP contribution in [0.15, 0.2) is 285 Å². The molecule has 3 N–H and O–H groups in total. The van der Waals surface area contributed by atoms with E-state index >= 15 is 4.79 Å². The summed E-state index contributed by atoms with van der Waals surface area (Å²) in [7, 11) is 0. The highest BCUT2D eigenvalue weighted by molar-refractivity contribution is 6.25. The number of hydrogen-bond acceptors (Lipinski definition) is 18. The van der Waals surface area contributed by atoms with Crippen LogP contribution < -0.4 is 58.6 Å². The number of hydrogen-bond donors (Lipinski definition) is 3. The maximum absolute atomic E-state index is 15.4. The van der Waals surface area contributed by atoms with E-state index in [2.05, 4.69) is 170 Å². The minimum Gasteiger partial charge on any atom is -0.494 e. The quantitative estimate of drug-likeness (QED) is 0.0238. The van der Waals surface area contributed by atoms with Gasteiger partial charge in [-0.1, -0.05) is 299 Å². The number of rotatable bonds is 68. The fourth-order valence-corrected chi connectivity index (χ4v) is 18.6. The van der Waals surface area contributed by atoms with Gasteiger partial charge in [0.2, 0.25) is 5.75 Å². The number of unbranched alkanes of at least 4 members (excludes halogenated alkanes) is 15. The summed E-state index contributed by atoms with van der Waals surface area (Å²) in [6.07, 6.45) is 22.0. The molecule has 0 aliphatic heterocycles. The van der Waals surface area contributed by atoms with E-state index in [-0.39, 0.29) is 132 Å². The molecule has 16 aromatic carbocycles. The van der Waals surface area contributed by atoms with Crippen LogP contribution in [0, 0.1) is 0 Å². The first-order valence-electron chi connectivity index (χ1n) is 53.3. The van der Waals surface area contributed by atoms with Crippen LogP contribution in [0.3, 0.4) is 0 Å². The zero-order chi connectivity index (χ0) is 102. The molecular weight excluding hydrogens is 1860 g/mol. The molecule has 0 spiro atoms. The molecule has 0 aromatic heterocycles. The summed E-state index contributed by atoms with van der Waals surface area (Å²) >= 11 is 0. The summed E-state index contributed by atoms with van der Waals surface area (Å²) in [6, 6.07) is 94.3. The highest BCUT2D eigenvalue weighted by Gasteiger charge is 2.24. The van der Waals surface area contributed by atoms with Gasteiger partial charge in [0.1, 0.15) is 74.1 Å². The van der Waals surface area contributed by atoms with Gasteiger partial charge in [-0.05, 0) is 232 Å². The van der Waals surface area contributed by atoms with Crippen molar-refractivity contribution < 1.29 is 85.4 Å². The van der Waals surface area contributed by atoms with Gasteiger partial charge in [-0.3, -0.25) is 14.4 Å². The van der Waals surface area contributed by atoms with Crippen molar-refractivity contribution in [2.75, 3.05) is 144 Å². The molecule has 0 aliphatic carbocycles. The number of carbonyl (C=O) groups excluding carboxylic acids is 3. The Bertz CT molecular complexity index is 6400. The van der Waals surface area contributed by atoms with Crippen molar-refractivity contribution >= 4 is 88.0 Å². The van der Waals surface area contributed by atoms with E-state index in [1.807, 2.05) is 121 Å².